The van der Waals surface area contributed by atoms with Crippen molar-refractivity contribution >= 4 is 62.3 Å². The van der Waals surface area contributed by atoms with Gasteiger partial charge in [-0.15, -0.1) is 0 Å². The minimum Gasteiger partial charge on any atom is -0.496 e. The summed E-state index contributed by atoms with van der Waals surface area (Å²) in [4.78, 5) is 30.2. The van der Waals surface area contributed by atoms with Gasteiger partial charge in [0.15, 0.2) is 5.16 Å². The van der Waals surface area contributed by atoms with Gasteiger partial charge in [0.25, 0.3) is 11.5 Å². The molecule has 1 aromatic heterocycles. The summed E-state index contributed by atoms with van der Waals surface area (Å²) in [5, 5.41) is 5.44. The number of hydrazone groups is 1. The van der Waals surface area contributed by atoms with Crippen molar-refractivity contribution in [1.82, 2.24) is 15.0 Å². The minimum atomic E-state index is -0.334. The maximum Gasteiger partial charge on any atom is 0.266 e. The van der Waals surface area contributed by atoms with Crippen LogP contribution in [-0.4, -0.2) is 34.5 Å². The zero-order valence-electron chi connectivity index (χ0n) is 17.9. The molecular formula is C24H18BrClN4O3S. The summed E-state index contributed by atoms with van der Waals surface area (Å²) < 4.78 is 7.46. The Labute approximate surface area is 212 Å². The van der Waals surface area contributed by atoms with Gasteiger partial charge in [-0.2, -0.15) is 5.10 Å². The molecule has 1 heterocycles. The van der Waals surface area contributed by atoms with E-state index in [1.807, 2.05) is 18.2 Å². The monoisotopic (exact) mass is 556 g/mol. The molecule has 10 heteroatoms. The average Bonchev–Trinajstić information content (AvgIpc) is 2.84. The average molecular weight is 558 g/mol. The third-order valence-corrected chi connectivity index (χ3v) is 6.55. The van der Waals surface area contributed by atoms with Crippen molar-refractivity contribution in [2.75, 3.05) is 12.9 Å². The molecule has 0 aliphatic rings. The normalized spacial score (nSPS) is 11.1. The zero-order chi connectivity index (χ0) is 24.1. The number of nitrogens with one attached hydrogen (secondary N) is 1. The van der Waals surface area contributed by atoms with Crippen LogP contribution in [0.2, 0.25) is 5.02 Å². The SMILES string of the molecule is COc1ccc(/C=N/NC(=O)CSc2nc3ccccc3c(=O)n2-c2ccc(Cl)cc2)cc1Br. The van der Waals surface area contributed by atoms with Crippen LogP contribution in [0.25, 0.3) is 16.6 Å². The van der Waals surface area contributed by atoms with Crippen molar-refractivity contribution in [2.45, 2.75) is 5.16 Å². The van der Waals surface area contributed by atoms with Crippen molar-refractivity contribution in [3.63, 3.8) is 0 Å². The highest BCUT2D eigenvalue weighted by Gasteiger charge is 2.14. The molecule has 172 valence electrons. The van der Waals surface area contributed by atoms with E-state index >= 15 is 0 Å². The summed E-state index contributed by atoms with van der Waals surface area (Å²) in [5.74, 6) is 0.383. The maximum atomic E-state index is 13.2. The number of carbonyl (C=O) groups is 1. The smallest absolute Gasteiger partial charge is 0.266 e. The Hall–Kier alpha value is -3.14. The van der Waals surface area contributed by atoms with Gasteiger partial charge in [-0.25, -0.2) is 10.4 Å². The number of nitrogens with zero attached hydrogens (tertiary/aromatic N) is 3. The Morgan fingerprint density at radius 1 is 1.21 bits per heavy atom. The number of para-hydroxylation sites is 1. The second-order valence-corrected chi connectivity index (χ2v) is 9.24. The number of carbonyl (C=O) groups excluding carboxylic acids is 1. The van der Waals surface area contributed by atoms with Gasteiger partial charge < -0.3 is 4.74 Å². The fourth-order valence-electron chi connectivity index (χ4n) is 3.13. The number of hydrogen-bond donors (Lipinski definition) is 1. The highest BCUT2D eigenvalue weighted by atomic mass is 79.9. The van der Waals surface area contributed by atoms with E-state index in [-0.39, 0.29) is 17.2 Å². The zero-order valence-corrected chi connectivity index (χ0v) is 21.0. The van der Waals surface area contributed by atoms with Crippen LogP contribution < -0.4 is 15.7 Å². The Morgan fingerprint density at radius 2 is 1.97 bits per heavy atom. The maximum absolute atomic E-state index is 13.2. The van der Waals surface area contributed by atoms with Crippen LogP contribution >= 0.6 is 39.3 Å². The molecule has 4 rings (SSSR count). The third kappa shape index (κ3) is 5.49. The second-order valence-electron chi connectivity index (χ2n) is 7.00. The second kappa shape index (κ2) is 10.9. The summed E-state index contributed by atoms with van der Waals surface area (Å²) in [6, 6.07) is 19.4. The molecule has 0 saturated carbocycles. The molecule has 4 aromatic rings. The van der Waals surface area contributed by atoms with Gasteiger partial charge in [0.2, 0.25) is 0 Å². The predicted octanol–water partition coefficient (Wildman–Crippen LogP) is 5.05. The molecule has 0 saturated heterocycles. The number of thioether (sulfide) groups is 1. The molecule has 1 N–H and O–H groups in total. The molecule has 0 aliphatic carbocycles. The fraction of sp³-hybridized carbons (Fsp3) is 0.0833. The molecule has 0 spiro atoms. The van der Waals surface area contributed by atoms with Gasteiger partial charge in [0.1, 0.15) is 5.75 Å². The first-order chi connectivity index (χ1) is 16.5. The Balaban J connectivity index is 1.53. The molecule has 0 atom stereocenters. The van der Waals surface area contributed by atoms with E-state index in [0.717, 1.165) is 21.8 Å². The highest BCUT2D eigenvalue weighted by Crippen LogP contribution is 2.25. The van der Waals surface area contributed by atoms with Crippen LogP contribution in [0.15, 0.2) is 86.3 Å². The first-order valence-corrected chi connectivity index (χ1v) is 12.2. The molecule has 7 nitrogen and oxygen atoms in total. The number of ether oxygens (including phenoxy) is 1. The van der Waals surface area contributed by atoms with Gasteiger partial charge in [0.05, 0.1) is 40.1 Å². The van der Waals surface area contributed by atoms with Gasteiger partial charge in [0, 0.05) is 5.02 Å². The van der Waals surface area contributed by atoms with E-state index in [2.05, 4.69) is 31.4 Å². The van der Waals surface area contributed by atoms with Crippen LogP contribution in [0.3, 0.4) is 0 Å². The number of methoxy groups -OCH3 is 1. The molecule has 0 fully saturated rings. The van der Waals surface area contributed by atoms with E-state index < -0.39 is 0 Å². The summed E-state index contributed by atoms with van der Waals surface area (Å²) in [6.07, 6.45) is 1.53. The van der Waals surface area contributed by atoms with Crippen LogP contribution in [0.4, 0.5) is 0 Å². The number of benzene rings is 3. The van der Waals surface area contributed by atoms with E-state index in [1.54, 1.807) is 55.6 Å². The summed E-state index contributed by atoms with van der Waals surface area (Å²) in [6.45, 7) is 0. The number of hydrogen-bond acceptors (Lipinski definition) is 6. The van der Waals surface area contributed by atoms with E-state index in [4.69, 9.17) is 16.3 Å². The molecule has 0 radical (unpaired) electrons. The molecular weight excluding hydrogens is 540 g/mol. The van der Waals surface area contributed by atoms with Crippen molar-refractivity contribution in [3.8, 4) is 11.4 Å². The topological polar surface area (TPSA) is 85.6 Å². The Kier molecular flexibility index (Phi) is 7.66. The predicted molar refractivity (Wildman–Crippen MR) is 140 cm³/mol. The number of halogens is 2. The molecule has 3 aromatic carbocycles. The Morgan fingerprint density at radius 3 is 2.71 bits per heavy atom. The third-order valence-electron chi connectivity index (χ3n) is 4.74. The minimum absolute atomic E-state index is 0.0159. The van der Waals surface area contributed by atoms with E-state index in [0.29, 0.717) is 32.5 Å². The standard InChI is InChI=1S/C24H18BrClN4O3S/c1-33-21-11-6-15(12-19(21)25)13-27-29-22(31)14-34-24-28-20-5-3-2-4-18(20)23(32)30(24)17-9-7-16(26)8-10-17/h2-13H,14H2,1H3,(H,29,31)/b27-13+. The van der Waals surface area contributed by atoms with Crippen molar-refractivity contribution in [2.24, 2.45) is 5.10 Å². The van der Waals surface area contributed by atoms with Crippen molar-refractivity contribution < 1.29 is 9.53 Å². The molecule has 0 bridgehead atoms. The lowest BCUT2D eigenvalue weighted by atomic mass is 10.2. The number of rotatable bonds is 7. The first-order valence-electron chi connectivity index (χ1n) is 10.0. The number of aromatic nitrogens is 2. The molecule has 0 unspecified atom stereocenters. The first kappa shape index (κ1) is 24.0. The molecule has 1 amide bonds. The quantitative estimate of drug-likeness (QED) is 0.149. The van der Waals surface area contributed by atoms with Crippen LogP contribution in [0, 0.1) is 0 Å². The highest BCUT2D eigenvalue weighted by molar-refractivity contribution is 9.10. The van der Waals surface area contributed by atoms with Gasteiger partial charge >= 0.3 is 0 Å². The summed E-state index contributed by atoms with van der Waals surface area (Å²) >= 11 is 10.6. The van der Waals surface area contributed by atoms with E-state index in [1.165, 1.54) is 10.8 Å². The van der Waals surface area contributed by atoms with Gasteiger partial charge in [-0.05, 0) is 76.1 Å². The Bertz CT molecular complexity index is 1440. The number of amides is 1. The summed E-state index contributed by atoms with van der Waals surface area (Å²) in [5.41, 5.74) is 4.23. The van der Waals surface area contributed by atoms with Gasteiger partial charge in [-0.3, -0.25) is 14.2 Å². The molecule has 34 heavy (non-hydrogen) atoms. The van der Waals surface area contributed by atoms with Crippen LogP contribution in [0.5, 0.6) is 5.75 Å². The van der Waals surface area contributed by atoms with Crippen molar-refractivity contribution in [1.29, 1.82) is 0 Å². The lowest BCUT2D eigenvalue weighted by Gasteiger charge is -2.13. The van der Waals surface area contributed by atoms with Gasteiger partial charge in [-0.1, -0.05) is 35.5 Å². The van der Waals surface area contributed by atoms with Crippen LogP contribution in [-0.2, 0) is 4.79 Å². The lowest BCUT2D eigenvalue weighted by molar-refractivity contribution is -0.118. The van der Waals surface area contributed by atoms with Crippen molar-refractivity contribution in [3.05, 3.63) is 92.1 Å². The summed E-state index contributed by atoms with van der Waals surface area (Å²) in [7, 11) is 1.59. The fourth-order valence-corrected chi connectivity index (χ4v) is 4.62. The number of fused-ring (bicyclic) bond motifs is 1. The largest absolute Gasteiger partial charge is 0.496 e. The van der Waals surface area contributed by atoms with Crippen LogP contribution in [0.1, 0.15) is 5.56 Å². The molecule has 0 aliphatic heterocycles. The van der Waals surface area contributed by atoms with E-state index in [9.17, 15) is 9.59 Å². The lowest BCUT2D eigenvalue weighted by Crippen LogP contribution is -2.24.